The van der Waals surface area contributed by atoms with Gasteiger partial charge in [-0.2, -0.15) is 0 Å². The number of H-pyrrole nitrogens is 1. The molecule has 22 heavy (non-hydrogen) atoms. The van der Waals surface area contributed by atoms with Crippen molar-refractivity contribution in [3.63, 3.8) is 0 Å². The molecule has 1 heterocycles. The van der Waals surface area contributed by atoms with Crippen molar-refractivity contribution in [3.8, 4) is 0 Å². The number of carbonyl (C=O) groups is 1. The zero-order chi connectivity index (χ0) is 15.9. The molecule has 0 radical (unpaired) electrons. The van der Waals surface area contributed by atoms with Crippen LogP contribution in [-0.2, 0) is 13.0 Å². The molecule has 5 heteroatoms. The zero-order valence-electron chi connectivity index (χ0n) is 13.5. The number of hydrogen-bond donors (Lipinski definition) is 1. The van der Waals surface area contributed by atoms with Gasteiger partial charge in [0.2, 0.25) is 0 Å². The standard InChI is InChI=1S/C17H24N4O/c1-4-14-7-5-6-8-16(14)17(22)21(10-9-20(2)3)12-15-11-18-13-19-15/h5-8,11,13H,4,9-10,12H2,1-3H3,(H,18,19). The predicted octanol–water partition coefficient (Wildman–Crippen LogP) is 2.18. The molecule has 0 saturated heterocycles. The van der Waals surface area contributed by atoms with E-state index in [-0.39, 0.29) is 5.91 Å². The van der Waals surface area contributed by atoms with Crippen LogP contribution in [0.1, 0.15) is 28.5 Å². The quantitative estimate of drug-likeness (QED) is 0.852. The molecule has 0 bridgehead atoms. The minimum absolute atomic E-state index is 0.0777. The highest BCUT2D eigenvalue weighted by atomic mass is 16.2. The lowest BCUT2D eigenvalue weighted by Gasteiger charge is -2.25. The third kappa shape index (κ3) is 4.18. The van der Waals surface area contributed by atoms with E-state index in [0.717, 1.165) is 29.8 Å². The summed E-state index contributed by atoms with van der Waals surface area (Å²) in [6.07, 6.45) is 4.26. The highest BCUT2D eigenvalue weighted by molar-refractivity contribution is 5.95. The Kier molecular flexibility index (Phi) is 5.72. The van der Waals surface area contributed by atoms with E-state index in [4.69, 9.17) is 0 Å². The second-order valence-electron chi connectivity index (χ2n) is 5.62. The van der Waals surface area contributed by atoms with Crippen molar-refractivity contribution < 1.29 is 4.79 Å². The average molecular weight is 300 g/mol. The van der Waals surface area contributed by atoms with Gasteiger partial charge in [-0.25, -0.2) is 4.98 Å². The predicted molar refractivity (Wildman–Crippen MR) is 87.7 cm³/mol. The van der Waals surface area contributed by atoms with Crippen molar-refractivity contribution in [2.24, 2.45) is 0 Å². The number of aryl methyl sites for hydroxylation is 1. The molecule has 1 amide bonds. The molecule has 0 aliphatic heterocycles. The first-order valence-electron chi connectivity index (χ1n) is 7.61. The topological polar surface area (TPSA) is 52.2 Å². The summed E-state index contributed by atoms with van der Waals surface area (Å²) in [4.78, 5) is 24.0. The van der Waals surface area contributed by atoms with Gasteiger partial charge in [0.1, 0.15) is 0 Å². The Morgan fingerprint density at radius 3 is 2.64 bits per heavy atom. The zero-order valence-corrected chi connectivity index (χ0v) is 13.5. The molecule has 0 fully saturated rings. The number of hydrogen-bond acceptors (Lipinski definition) is 3. The van der Waals surface area contributed by atoms with Gasteiger partial charge in [-0.3, -0.25) is 4.79 Å². The molecule has 0 saturated carbocycles. The van der Waals surface area contributed by atoms with Gasteiger partial charge in [0.05, 0.1) is 18.6 Å². The molecule has 0 atom stereocenters. The SMILES string of the molecule is CCc1ccccc1C(=O)N(CCN(C)C)Cc1cnc[nH]1. The number of nitrogens with zero attached hydrogens (tertiary/aromatic N) is 3. The molecular formula is C17H24N4O. The maximum absolute atomic E-state index is 12.9. The highest BCUT2D eigenvalue weighted by Gasteiger charge is 2.19. The maximum Gasteiger partial charge on any atom is 0.254 e. The van der Waals surface area contributed by atoms with Crippen LogP contribution < -0.4 is 0 Å². The minimum atomic E-state index is 0.0777. The summed E-state index contributed by atoms with van der Waals surface area (Å²) in [5.41, 5.74) is 2.83. The Morgan fingerprint density at radius 2 is 2.00 bits per heavy atom. The summed E-state index contributed by atoms with van der Waals surface area (Å²) < 4.78 is 0. The number of aromatic amines is 1. The van der Waals surface area contributed by atoms with Crippen molar-refractivity contribution in [2.75, 3.05) is 27.2 Å². The van der Waals surface area contributed by atoms with Crippen LogP contribution >= 0.6 is 0 Å². The fourth-order valence-electron chi connectivity index (χ4n) is 2.36. The van der Waals surface area contributed by atoms with E-state index in [1.165, 1.54) is 0 Å². The Labute approximate surface area is 132 Å². The van der Waals surface area contributed by atoms with E-state index in [0.29, 0.717) is 13.1 Å². The van der Waals surface area contributed by atoms with E-state index < -0.39 is 0 Å². The van der Waals surface area contributed by atoms with Gasteiger partial charge in [-0.15, -0.1) is 0 Å². The van der Waals surface area contributed by atoms with E-state index in [1.807, 2.05) is 43.3 Å². The monoisotopic (exact) mass is 300 g/mol. The number of rotatable bonds is 7. The van der Waals surface area contributed by atoms with Crippen molar-refractivity contribution in [3.05, 3.63) is 53.6 Å². The van der Waals surface area contributed by atoms with E-state index >= 15 is 0 Å². The van der Waals surface area contributed by atoms with Crippen LogP contribution in [0.5, 0.6) is 0 Å². The van der Waals surface area contributed by atoms with E-state index in [9.17, 15) is 4.79 Å². The van der Waals surface area contributed by atoms with Crippen LogP contribution in [0.25, 0.3) is 0 Å². The molecule has 0 spiro atoms. The van der Waals surface area contributed by atoms with Crippen LogP contribution in [-0.4, -0.2) is 52.9 Å². The molecule has 0 aliphatic rings. The first-order valence-corrected chi connectivity index (χ1v) is 7.61. The number of aromatic nitrogens is 2. The van der Waals surface area contributed by atoms with Crippen LogP contribution in [0.2, 0.25) is 0 Å². The Morgan fingerprint density at radius 1 is 1.23 bits per heavy atom. The van der Waals surface area contributed by atoms with Gasteiger partial charge in [0, 0.05) is 24.8 Å². The second-order valence-corrected chi connectivity index (χ2v) is 5.62. The molecule has 2 aromatic rings. The fraction of sp³-hybridized carbons (Fsp3) is 0.412. The molecule has 1 aromatic carbocycles. The van der Waals surface area contributed by atoms with Crippen molar-refractivity contribution >= 4 is 5.91 Å². The molecule has 0 unspecified atom stereocenters. The maximum atomic E-state index is 12.9. The molecule has 0 aliphatic carbocycles. The normalized spacial score (nSPS) is 10.9. The van der Waals surface area contributed by atoms with Crippen molar-refractivity contribution in [1.82, 2.24) is 19.8 Å². The third-order valence-corrected chi connectivity index (χ3v) is 3.65. The summed E-state index contributed by atoms with van der Waals surface area (Å²) in [6.45, 7) is 4.13. The lowest BCUT2D eigenvalue weighted by molar-refractivity contribution is 0.0729. The Hall–Kier alpha value is -2.14. The fourth-order valence-corrected chi connectivity index (χ4v) is 2.36. The summed E-state index contributed by atoms with van der Waals surface area (Å²) in [6, 6.07) is 7.84. The molecule has 118 valence electrons. The number of imidazole rings is 1. The Bertz CT molecular complexity index is 592. The molecule has 1 N–H and O–H groups in total. The number of carbonyl (C=O) groups excluding carboxylic acids is 1. The molecule has 5 nitrogen and oxygen atoms in total. The summed E-state index contributed by atoms with van der Waals surface area (Å²) >= 11 is 0. The second kappa shape index (κ2) is 7.75. The van der Waals surface area contributed by atoms with Crippen LogP contribution in [0.15, 0.2) is 36.8 Å². The lowest BCUT2D eigenvalue weighted by Crippen LogP contribution is -2.36. The number of amides is 1. The first-order chi connectivity index (χ1) is 10.6. The highest BCUT2D eigenvalue weighted by Crippen LogP contribution is 2.14. The van der Waals surface area contributed by atoms with Crippen LogP contribution in [0, 0.1) is 0 Å². The van der Waals surface area contributed by atoms with Gasteiger partial charge < -0.3 is 14.8 Å². The number of nitrogens with one attached hydrogen (secondary N) is 1. The molecule has 1 aromatic heterocycles. The van der Waals surface area contributed by atoms with Gasteiger partial charge in [0.25, 0.3) is 5.91 Å². The van der Waals surface area contributed by atoms with Gasteiger partial charge in [-0.05, 0) is 32.1 Å². The van der Waals surface area contributed by atoms with Gasteiger partial charge in [-0.1, -0.05) is 25.1 Å². The number of benzene rings is 1. The van der Waals surface area contributed by atoms with Crippen molar-refractivity contribution in [2.45, 2.75) is 19.9 Å². The summed E-state index contributed by atoms with van der Waals surface area (Å²) in [7, 11) is 4.03. The first kappa shape index (κ1) is 16.2. The van der Waals surface area contributed by atoms with Gasteiger partial charge >= 0.3 is 0 Å². The smallest absolute Gasteiger partial charge is 0.254 e. The largest absolute Gasteiger partial charge is 0.347 e. The van der Waals surface area contributed by atoms with Crippen LogP contribution in [0.4, 0.5) is 0 Å². The van der Waals surface area contributed by atoms with Gasteiger partial charge in [0.15, 0.2) is 0 Å². The van der Waals surface area contributed by atoms with Crippen molar-refractivity contribution in [1.29, 1.82) is 0 Å². The summed E-state index contributed by atoms with van der Waals surface area (Å²) in [5.74, 6) is 0.0777. The van der Waals surface area contributed by atoms with E-state index in [1.54, 1.807) is 12.5 Å². The van der Waals surface area contributed by atoms with Crippen LogP contribution in [0.3, 0.4) is 0 Å². The number of likely N-dealkylation sites (N-methyl/N-ethyl adjacent to an activating group) is 1. The average Bonchev–Trinajstić information content (AvgIpc) is 3.03. The van der Waals surface area contributed by atoms with E-state index in [2.05, 4.69) is 21.8 Å². The minimum Gasteiger partial charge on any atom is -0.347 e. The third-order valence-electron chi connectivity index (χ3n) is 3.65. The lowest BCUT2D eigenvalue weighted by atomic mass is 10.0. The molecular weight excluding hydrogens is 276 g/mol. The summed E-state index contributed by atoms with van der Waals surface area (Å²) in [5, 5.41) is 0. The molecule has 2 rings (SSSR count). The Balaban J connectivity index is 2.20.